The summed E-state index contributed by atoms with van der Waals surface area (Å²) in [5.74, 6) is -0.981. The van der Waals surface area contributed by atoms with Crippen LogP contribution in [0.25, 0.3) is 0 Å². The van der Waals surface area contributed by atoms with Crippen molar-refractivity contribution in [3.05, 3.63) is 35.4 Å². The smallest absolute Gasteiger partial charge is 0.130 e. The number of likely N-dealkylation sites (tertiary alicyclic amines) is 1. The molecule has 1 N–H and O–H groups in total. The lowest BCUT2D eigenvalue weighted by molar-refractivity contribution is 0.197. The van der Waals surface area contributed by atoms with Crippen LogP contribution in [0.4, 0.5) is 8.78 Å². The van der Waals surface area contributed by atoms with Gasteiger partial charge in [0.1, 0.15) is 11.6 Å². The maximum absolute atomic E-state index is 13.5. The first kappa shape index (κ1) is 14.4. The SMILES string of the molecule is CCCN1CCC(NCc2ccc(F)cc2F)CC1. The summed E-state index contributed by atoms with van der Waals surface area (Å²) in [6, 6.07) is 4.21. The van der Waals surface area contributed by atoms with Gasteiger partial charge in [-0.1, -0.05) is 13.0 Å². The van der Waals surface area contributed by atoms with Gasteiger partial charge in [-0.2, -0.15) is 0 Å². The van der Waals surface area contributed by atoms with E-state index in [0.29, 0.717) is 18.2 Å². The van der Waals surface area contributed by atoms with E-state index in [0.717, 1.165) is 32.0 Å². The third-order valence-electron chi connectivity index (χ3n) is 3.72. The lowest BCUT2D eigenvalue weighted by Crippen LogP contribution is -2.42. The average molecular weight is 268 g/mol. The molecule has 0 atom stereocenters. The highest BCUT2D eigenvalue weighted by molar-refractivity contribution is 5.18. The Morgan fingerprint density at radius 1 is 1.26 bits per heavy atom. The van der Waals surface area contributed by atoms with E-state index in [4.69, 9.17) is 0 Å². The van der Waals surface area contributed by atoms with Crippen LogP contribution in [-0.4, -0.2) is 30.6 Å². The molecule has 1 saturated heterocycles. The van der Waals surface area contributed by atoms with Gasteiger partial charge in [0.2, 0.25) is 0 Å². The molecule has 0 aromatic heterocycles. The van der Waals surface area contributed by atoms with Crippen molar-refractivity contribution in [2.24, 2.45) is 0 Å². The fourth-order valence-corrected chi connectivity index (χ4v) is 2.60. The van der Waals surface area contributed by atoms with E-state index in [2.05, 4.69) is 17.1 Å². The molecule has 1 heterocycles. The molecule has 1 aromatic carbocycles. The molecule has 1 aromatic rings. The molecule has 4 heteroatoms. The second kappa shape index (κ2) is 6.96. The Labute approximate surface area is 113 Å². The molecule has 19 heavy (non-hydrogen) atoms. The molecule has 106 valence electrons. The number of hydrogen-bond donors (Lipinski definition) is 1. The molecule has 2 nitrogen and oxygen atoms in total. The van der Waals surface area contributed by atoms with Crippen LogP contribution in [0, 0.1) is 11.6 Å². The van der Waals surface area contributed by atoms with Crippen molar-refractivity contribution in [1.29, 1.82) is 0 Å². The molecule has 0 bridgehead atoms. The lowest BCUT2D eigenvalue weighted by Gasteiger charge is -2.32. The Morgan fingerprint density at radius 2 is 2.00 bits per heavy atom. The van der Waals surface area contributed by atoms with Gasteiger partial charge in [0.25, 0.3) is 0 Å². The quantitative estimate of drug-likeness (QED) is 0.883. The van der Waals surface area contributed by atoms with Crippen molar-refractivity contribution in [2.75, 3.05) is 19.6 Å². The van der Waals surface area contributed by atoms with Crippen LogP contribution in [0.1, 0.15) is 31.7 Å². The van der Waals surface area contributed by atoms with Crippen molar-refractivity contribution >= 4 is 0 Å². The fourth-order valence-electron chi connectivity index (χ4n) is 2.60. The predicted octanol–water partition coefficient (Wildman–Crippen LogP) is 2.93. The molecule has 0 aliphatic carbocycles. The first-order chi connectivity index (χ1) is 9.19. The number of nitrogens with one attached hydrogen (secondary N) is 1. The standard InChI is InChI=1S/C15H22F2N2/c1-2-7-19-8-5-14(6-9-19)18-11-12-3-4-13(16)10-15(12)17/h3-4,10,14,18H,2,5-9,11H2,1H3. The number of piperidine rings is 1. The molecule has 0 amide bonds. The van der Waals surface area contributed by atoms with Crippen molar-refractivity contribution in [1.82, 2.24) is 10.2 Å². The molecule has 1 aliphatic rings. The van der Waals surface area contributed by atoms with Gasteiger partial charge in [0.15, 0.2) is 0 Å². The second-order valence-electron chi connectivity index (χ2n) is 5.23. The topological polar surface area (TPSA) is 15.3 Å². The van der Waals surface area contributed by atoms with Gasteiger partial charge in [-0.3, -0.25) is 0 Å². The number of halogens is 2. The minimum absolute atomic E-state index is 0.442. The zero-order chi connectivity index (χ0) is 13.7. The Balaban J connectivity index is 1.77. The summed E-state index contributed by atoms with van der Waals surface area (Å²) in [6.45, 7) is 6.06. The highest BCUT2D eigenvalue weighted by Gasteiger charge is 2.18. The van der Waals surface area contributed by atoms with E-state index in [9.17, 15) is 8.78 Å². The Hall–Kier alpha value is -1.00. The molecular formula is C15H22F2N2. The van der Waals surface area contributed by atoms with E-state index in [1.54, 1.807) is 0 Å². The van der Waals surface area contributed by atoms with Crippen molar-refractivity contribution in [3.63, 3.8) is 0 Å². The van der Waals surface area contributed by atoms with Crippen molar-refractivity contribution in [3.8, 4) is 0 Å². The van der Waals surface area contributed by atoms with Crippen molar-refractivity contribution < 1.29 is 8.78 Å². The van der Waals surface area contributed by atoms with Crippen LogP contribution in [0.2, 0.25) is 0 Å². The molecule has 1 aliphatic heterocycles. The van der Waals surface area contributed by atoms with E-state index in [-0.39, 0.29) is 0 Å². The van der Waals surface area contributed by atoms with Gasteiger partial charge < -0.3 is 10.2 Å². The van der Waals surface area contributed by atoms with Crippen LogP contribution >= 0.6 is 0 Å². The molecule has 0 unspecified atom stereocenters. The molecule has 1 fully saturated rings. The van der Waals surface area contributed by atoms with E-state index >= 15 is 0 Å². The minimum atomic E-state index is -0.519. The van der Waals surface area contributed by atoms with Gasteiger partial charge in [-0.25, -0.2) is 8.78 Å². The normalized spacial score (nSPS) is 17.8. The third-order valence-corrected chi connectivity index (χ3v) is 3.72. The maximum atomic E-state index is 13.5. The summed E-state index contributed by atoms with van der Waals surface area (Å²) in [4.78, 5) is 2.47. The lowest BCUT2D eigenvalue weighted by atomic mass is 10.0. The number of nitrogens with zero attached hydrogens (tertiary/aromatic N) is 1. The highest BCUT2D eigenvalue weighted by atomic mass is 19.1. The van der Waals surface area contributed by atoms with Crippen LogP contribution in [0.15, 0.2) is 18.2 Å². The molecule has 0 spiro atoms. The average Bonchev–Trinajstić information content (AvgIpc) is 2.40. The summed E-state index contributed by atoms with van der Waals surface area (Å²) >= 11 is 0. The summed E-state index contributed by atoms with van der Waals surface area (Å²) < 4.78 is 26.3. The van der Waals surface area contributed by atoms with Crippen LogP contribution in [0.5, 0.6) is 0 Å². The van der Waals surface area contributed by atoms with Gasteiger partial charge >= 0.3 is 0 Å². The van der Waals surface area contributed by atoms with Crippen LogP contribution in [-0.2, 0) is 6.54 Å². The largest absolute Gasteiger partial charge is 0.310 e. The van der Waals surface area contributed by atoms with Crippen LogP contribution in [0.3, 0.4) is 0 Å². The Bertz CT molecular complexity index is 401. The summed E-state index contributed by atoms with van der Waals surface area (Å²) in [7, 11) is 0. The Kier molecular flexibility index (Phi) is 5.28. The second-order valence-corrected chi connectivity index (χ2v) is 5.23. The molecule has 0 saturated carbocycles. The van der Waals surface area contributed by atoms with Gasteiger partial charge in [-0.15, -0.1) is 0 Å². The number of benzene rings is 1. The maximum Gasteiger partial charge on any atom is 0.130 e. The van der Waals surface area contributed by atoms with E-state index in [1.165, 1.54) is 25.1 Å². The minimum Gasteiger partial charge on any atom is -0.310 e. The molecule has 0 radical (unpaired) electrons. The van der Waals surface area contributed by atoms with Gasteiger partial charge in [0, 0.05) is 24.2 Å². The monoisotopic (exact) mass is 268 g/mol. The van der Waals surface area contributed by atoms with Gasteiger partial charge in [0.05, 0.1) is 0 Å². The van der Waals surface area contributed by atoms with Crippen molar-refractivity contribution in [2.45, 2.75) is 38.8 Å². The summed E-state index contributed by atoms with van der Waals surface area (Å²) in [5.41, 5.74) is 0.539. The van der Waals surface area contributed by atoms with E-state index in [1.807, 2.05) is 0 Å². The molecule has 2 rings (SSSR count). The van der Waals surface area contributed by atoms with E-state index < -0.39 is 11.6 Å². The summed E-state index contributed by atoms with van der Waals surface area (Å²) in [5, 5.41) is 3.37. The Morgan fingerprint density at radius 3 is 2.63 bits per heavy atom. The number of hydrogen-bond acceptors (Lipinski definition) is 2. The predicted molar refractivity (Wildman–Crippen MR) is 73.0 cm³/mol. The first-order valence-corrected chi connectivity index (χ1v) is 7.08. The highest BCUT2D eigenvalue weighted by Crippen LogP contribution is 2.13. The zero-order valence-corrected chi connectivity index (χ0v) is 11.5. The van der Waals surface area contributed by atoms with Crippen LogP contribution < -0.4 is 5.32 Å². The molecular weight excluding hydrogens is 246 g/mol. The van der Waals surface area contributed by atoms with Gasteiger partial charge in [-0.05, 0) is 45.0 Å². The number of rotatable bonds is 5. The third kappa shape index (κ3) is 4.25. The fraction of sp³-hybridized carbons (Fsp3) is 0.600. The first-order valence-electron chi connectivity index (χ1n) is 7.08. The zero-order valence-electron chi connectivity index (χ0n) is 11.5. The summed E-state index contributed by atoms with van der Waals surface area (Å²) in [6.07, 6.45) is 3.39.